The number of hydrogen-bond donors (Lipinski definition) is 1. The maximum absolute atomic E-state index is 6.23. The van der Waals surface area contributed by atoms with Gasteiger partial charge in [0.1, 0.15) is 11.3 Å². The first kappa shape index (κ1) is 18.8. The molecule has 0 bridgehead atoms. The molecule has 0 aliphatic rings. The van der Waals surface area contributed by atoms with Gasteiger partial charge in [-0.25, -0.2) is 9.97 Å². The second-order valence-electron chi connectivity index (χ2n) is 7.72. The normalized spacial score (nSPS) is 11.4. The van der Waals surface area contributed by atoms with Crippen molar-refractivity contribution in [3.63, 3.8) is 0 Å². The van der Waals surface area contributed by atoms with Crippen molar-refractivity contribution >= 4 is 38.3 Å². The SMILES string of the molecule is Nc1nc(-c2cc3ccccc3o2)c(Cc2ccccc2)c(-c2cc3ccccc3s2)n1. The van der Waals surface area contributed by atoms with Gasteiger partial charge in [0.15, 0.2) is 5.76 Å². The quantitative estimate of drug-likeness (QED) is 0.327. The fourth-order valence-corrected chi connectivity index (χ4v) is 5.15. The molecule has 0 aliphatic carbocycles. The molecule has 154 valence electrons. The van der Waals surface area contributed by atoms with Gasteiger partial charge in [0.05, 0.1) is 10.6 Å². The van der Waals surface area contributed by atoms with E-state index in [9.17, 15) is 0 Å². The van der Waals surface area contributed by atoms with Crippen molar-refractivity contribution < 1.29 is 4.42 Å². The predicted molar refractivity (Wildman–Crippen MR) is 132 cm³/mol. The van der Waals surface area contributed by atoms with E-state index in [2.05, 4.69) is 47.4 Å². The fourth-order valence-electron chi connectivity index (χ4n) is 4.07. The van der Waals surface area contributed by atoms with Crippen LogP contribution in [0, 0.1) is 0 Å². The molecule has 0 aliphatic heterocycles. The number of rotatable bonds is 4. The van der Waals surface area contributed by atoms with Gasteiger partial charge in [-0.15, -0.1) is 11.3 Å². The van der Waals surface area contributed by atoms with E-state index in [0.29, 0.717) is 12.2 Å². The summed E-state index contributed by atoms with van der Waals surface area (Å²) < 4.78 is 7.41. The molecule has 0 fully saturated rings. The molecule has 4 nitrogen and oxygen atoms in total. The Kier molecular flexibility index (Phi) is 4.47. The lowest BCUT2D eigenvalue weighted by atomic mass is 9.99. The van der Waals surface area contributed by atoms with Crippen LogP contribution in [0.15, 0.2) is 95.4 Å². The molecule has 0 atom stereocenters. The first-order chi connectivity index (χ1) is 15.7. The van der Waals surface area contributed by atoms with Crippen LogP contribution in [0.1, 0.15) is 11.1 Å². The van der Waals surface area contributed by atoms with Gasteiger partial charge in [0.2, 0.25) is 5.95 Å². The lowest BCUT2D eigenvalue weighted by molar-refractivity contribution is 0.627. The molecular weight excluding hydrogens is 414 g/mol. The van der Waals surface area contributed by atoms with Crippen LogP contribution in [0.3, 0.4) is 0 Å². The highest BCUT2D eigenvalue weighted by molar-refractivity contribution is 7.22. The summed E-state index contributed by atoms with van der Waals surface area (Å²) in [5.41, 5.74) is 10.8. The zero-order valence-electron chi connectivity index (χ0n) is 17.2. The predicted octanol–water partition coefficient (Wildman–Crippen LogP) is 6.94. The van der Waals surface area contributed by atoms with E-state index in [0.717, 1.165) is 32.8 Å². The summed E-state index contributed by atoms with van der Waals surface area (Å²) in [6.07, 6.45) is 0.678. The van der Waals surface area contributed by atoms with Crippen LogP contribution in [0.2, 0.25) is 0 Å². The van der Waals surface area contributed by atoms with Crippen molar-refractivity contribution in [1.82, 2.24) is 9.97 Å². The summed E-state index contributed by atoms with van der Waals surface area (Å²) in [4.78, 5) is 10.4. The molecule has 6 rings (SSSR count). The van der Waals surface area contributed by atoms with E-state index >= 15 is 0 Å². The molecule has 0 saturated carbocycles. The number of thiophene rings is 1. The van der Waals surface area contributed by atoms with Crippen molar-refractivity contribution in [1.29, 1.82) is 0 Å². The maximum atomic E-state index is 6.23. The van der Waals surface area contributed by atoms with E-state index in [4.69, 9.17) is 15.1 Å². The molecule has 0 saturated heterocycles. The summed E-state index contributed by atoms with van der Waals surface area (Å²) in [7, 11) is 0. The number of anilines is 1. The summed E-state index contributed by atoms with van der Waals surface area (Å²) in [5.74, 6) is 0.943. The Morgan fingerprint density at radius 2 is 1.47 bits per heavy atom. The Balaban J connectivity index is 1.61. The smallest absolute Gasteiger partial charge is 0.221 e. The number of furan rings is 1. The first-order valence-corrected chi connectivity index (χ1v) is 11.2. The summed E-state index contributed by atoms with van der Waals surface area (Å²) in [6.45, 7) is 0. The lowest BCUT2D eigenvalue weighted by Gasteiger charge is -2.12. The Bertz CT molecular complexity index is 1410. The number of nitrogens with zero attached hydrogens (tertiary/aromatic N) is 2. The second-order valence-corrected chi connectivity index (χ2v) is 8.80. The third-order valence-electron chi connectivity index (χ3n) is 5.57. The topological polar surface area (TPSA) is 64.9 Å². The lowest BCUT2D eigenvalue weighted by Crippen LogP contribution is -2.05. The van der Waals surface area contributed by atoms with Gasteiger partial charge in [0, 0.05) is 22.1 Å². The highest BCUT2D eigenvalue weighted by Crippen LogP contribution is 2.39. The minimum Gasteiger partial charge on any atom is -0.454 e. The molecule has 2 N–H and O–H groups in total. The van der Waals surface area contributed by atoms with E-state index in [1.165, 1.54) is 15.6 Å². The number of aromatic nitrogens is 2. The van der Waals surface area contributed by atoms with Crippen molar-refractivity contribution in [2.45, 2.75) is 6.42 Å². The second kappa shape index (κ2) is 7.62. The van der Waals surface area contributed by atoms with Crippen LogP contribution >= 0.6 is 11.3 Å². The average molecular weight is 434 g/mol. The third-order valence-corrected chi connectivity index (χ3v) is 6.69. The van der Waals surface area contributed by atoms with Crippen molar-refractivity contribution in [2.75, 3.05) is 5.73 Å². The van der Waals surface area contributed by atoms with Crippen LogP contribution < -0.4 is 5.73 Å². The zero-order chi connectivity index (χ0) is 21.5. The van der Waals surface area contributed by atoms with Crippen LogP contribution in [0.5, 0.6) is 0 Å². The van der Waals surface area contributed by atoms with Gasteiger partial charge < -0.3 is 10.2 Å². The molecule has 5 heteroatoms. The van der Waals surface area contributed by atoms with E-state index in [1.54, 1.807) is 11.3 Å². The number of hydrogen-bond acceptors (Lipinski definition) is 5. The standard InChI is InChI=1S/C27H19N3OS/c28-27-29-25(22-15-18-10-4-6-12-21(18)31-22)20(14-17-8-2-1-3-9-17)26(30-27)24-16-19-11-5-7-13-23(19)32-24/h1-13,15-16H,14H2,(H2,28,29,30). The molecular formula is C27H19N3OS. The van der Waals surface area contributed by atoms with Gasteiger partial charge in [-0.3, -0.25) is 0 Å². The molecule has 3 heterocycles. The van der Waals surface area contributed by atoms with E-state index in [1.807, 2.05) is 48.5 Å². The number of benzene rings is 3. The summed E-state index contributed by atoms with van der Waals surface area (Å²) in [5, 5.41) is 2.23. The van der Waals surface area contributed by atoms with Crippen LogP contribution in [0.4, 0.5) is 5.95 Å². The Morgan fingerprint density at radius 3 is 2.28 bits per heavy atom. The number of nitrogens with two attached hydrogens (primary N) is 1. The highest BCUT2D eigenvalue weighted by atomic mass is 32.1. The van der Waals surface area contributed by atoms with Gasteiger partial charge in [0.25, 0.3) is 0 Å². The molecule has 0 amide bonds. The van der Waals surface area contributed by atoms with Crippen LogP contribution in [0.25, 0.3) is 43.1 Å². The van der Waals surface area contributed by atoms with Gasteiger partial charge in [-0.2, -0.15) is 0 Å². The zero-order valence-corrected chi connectivity index (χ0v) is 18.0. The third kappa shape index (κ3) is 3.33. The maximum Gasteiger partial charge on any atom is 0.221 e. The van der Waals surface area contributed by atoms with E-state index < -0.39 is 0 Å². The molecule has 0 radical (unpaired) electrons. The molecule has 32 heavy (non-hydrogen) atoms. The first-order valence-electron chi connectivity index (χ1n) is 10.4. The highest BCUT2D eigenvalue weighted by Gasteiger charge is 2.21. The number of para-hydroxylation sites is 1. The monoisotopic (exact) mass is 433 g/mol. The van der Waals surface area contributed by atoms with Crippen molar-refractivity contribution in [2.24, 2.45) is 0 Å². The largest absolute Gasteiger partial charge is 0.454 e. The Hall–Kier alpha value is -3.96. The molecule has 0 unspecified atom stereocenters. The minimum atomic E-state index is 0.240. The van der Waals surface area contributed by atoms with Gasteiger partial charge >= 0.3 is 0 Å². The Labute approximate surface area is 189 Å². The molecule has 6 aromatic rings. The molecule has 3 aromatic carbocycles. The van der Waals surface area contributed by atoms with E-state index in [-0.39, 0.29) is 5.95 Å². The number of nitrogen functional groups attached to an aromatic ring is 1. The minimum absolute atomic E-state index is 0.240. The van der Waals surface area contributed by atoms with Crippen LogP contribution in [-0.2, 0) is 6.42 Å². The summed E-state index contributed by atoms with van der Waals surface area (Å²) >= 11 is 1.72. The fraction of sp³-hybridized carbons (Fsp3) is 0.0370. The Morgan fingerprint density at radius 1 is 0.750 bits per heavy atom. The van der Waals surface area contributed by atoms with Gasteiger partial charge in [-0.05, 0) is 35.2 Å². The number of fused-ring (bicyclic) bond motifs is 2. The molecule has 0 spiro atoms. The van der Waals surface area contributed by atoms with Crippen LogP contribution in [-0.4, -0.2) is 9.97 Å². The summed E-state index contributed by atoms with van der Waals surface area (Å²) in [6, 6.07) is 30.9. The van der Waals surface area contributed by atoms with Crippen molar-refractivity contribution in [3.05, 3.63) is 102 Å². The average Bonchev–Trinajstić information content (AvgIpc) is 3.45. The van der Waals surface area contributed by atoms with Gasteiger partial charge in [-0.1, -0.05) is 66.7 Å². The molecule has 3 aromatic heterocycles. The van der Waals surface area contributed by atoms with Crippen molar-refractivity contribution in [3.8, 4) is 22.0 Å².